The summed E-state index contributed by atoms with van der Waals surface area (Å²) in [6, 6.07) is 0.518. The first-order valence-corrected chi connectivity index (χ1v) is 14.7. The highest BCUT2D eigenvalue weighted by Gasteiger charge is 2.40. The van der Waals surface area contributed by atoms with Crippen LogP contribution in [-0.4, -0.2) is 48.1 Å². The number of alkyl halides is 5. The third kappa shape index (κ3) is 7.32. The summed E-state index contributed by atoms with van der Waals surface area (Å²) in [5, 5.41) is 10.2. The van der Waals surface area contributed by atoms with Gasteiger partial charge in [0.25, 0.3) is 5.91 Å². The molecule has 234 valence electrons. The highest BCUT2D eigenvalue weighted by atomic mass is 19.4. The van der Waals surface area contributed by atoms with Gasteiger partial charge in [-0.25, -0.2) is 23.3 Å². The van der Waals surface area contributed by atoms with Gasteiger partial charge in [-0.15, -0.1) is 0 Å². The molecule has 0 aliphatic heterocycles. The van der Waals surface area contributed by atoms with Crippen molar-refractivity contribution in [3.63, 3.8) is 0 Å². The van der Waals surface area contributed by atoms with Gasteiger partial charge in [-0.2, -0.15) is 18.3 Å². The first kappa shape index (κ1) is 30.9. The molecule has 2 aliphatic rings. The molecule has 2 saturated carbocycles. The van der Waals surface area contributed by atoms with Crippen LogP contribution in [0.15, 0.2) is 31.0 Å². The van der Waals surface area contributed by atoms with E-state index < -0.39 is 48.8 Å². The third-order valence-electron chi connectivity index (χ3n) is 8.59. The topological polar surface area (TPSA) is 106 Å². The molecule has 2 atom stereocenters. The van der Waals surface area contributed by atoms with Gasteiger partial charge in [-0.3, -0.25) is 9.59 Å². The van der Waals surface area contributed by atoms with Crippen molar-refractivity contribution in [3.05, 3.63) is 47.9 Å². The molecule has 2 amide bonds. The third-order valence-corrected chi connectivity index (χ3v) is 8.59. The molecule has 2 fully saturated rings. The Hall–Kier alpha value is -3.58. The van der Waals surface area contributed by atoms with Crippen LogP contribution in [0.5, 0.6) is 0 Å². The van der Waals surface area contributed by atoms with E-state index in [-0.39, 0.29) is 43.6 Å². The Balaban J connectivity index is 1.41. The molecule has 0 radical (unpaired) electrons. The van der Waals surface area contributed by atoms with Crippen molar-refractivity contribution >= 4 is 17.5 Å². The highest BCUT2D eigenvalue weighted by molar-refractivity contribution is 5.92. The predicted molar refractivity (Wildman–Crippen MR) is 146 cm³/mol. The molecule has 0 unspecified atom stereocenters. The lowest BCUT2D eigenvalue weighted by Crippen LogP contribution is -2.38. The molecule has 2 N–H and O–H groups in total. The standard InChI is InChI=1S/C29H36F5N7O2/c1-17(2)40-16-35-14-22(40)27(43)39-26(19-6-9-28(30,31)10-7-19)21-15-41-23(37-21)12-20(13-36-41)25(18-4-3-5-18)38-24(42)8-11-29(32,33)34/h12-19,25-26H,3-11H2,1-2H3,(H,38,42)(H,39,43)/t25-,26+/m1/s1. The van der Waals surface area contributed by atoms with Gasteiger partial charge in [-0.1, -0.05) is 6.42 Å². The number of fused-ring (bicyclic) bond motifs is 1. The molecule has 0 aromatic carbocycles. The van der Waals surface area contributed by atoms with E-state index in [0.717, 1.165) is 19.3 Å². The number of carbonyl (C=O) groups is 2. The summed E-state index contributed by atoms with van der Waals surface area (Å²) >= 11 is 0. The number of carbonyl (C=O) groups excluding carboxylic acids is 2. The van der Waals surface area contributed by atoms with E-state index in [9.17, 15) is 31.5 Å². The quantitative estimate of drug-likeness (QED) is 0.270. The summed E-state index contributed by atoms with van der Waals surface area (Å²) in [5.74, 6) is -4.06. The van der Waals surface area contributed by atoms with Gasteiger partial charge in [-0.05, 0) is 63.0 Å². The summed E-state index contributed by atoms with van der Waals surface area (Å²) < 4.78 is 69.3. The van der Waals surface area contributed by atoms with Crippen LogP contribution in [0.3, 0.4) is 0 Å². The summed E-state index contributed by atoms with van der Waals surface area (Å²) in [5.41, 5.74) is 1.83. The van der Waals surface area contributed by atoms with E-state index >= 15 is 0 Å². The Morgan fingerprint density at radius 1 is 1.05 bits per heavy atom. The van der Waals surface area contributed by atoms with Gasteiger partial charge in [0.1, 0.15) is 5.69 Å². The molecule has 0 spiro atoms. The van der Waals surface area contributed by atoms with Gasteiger partial charge in [0, 0.05) is 25.3 Å². The zero-order chi connectivity index (χ0) is 30.9. The fraction of sp³-hybridized carbons (Fsp3) is 0.621. The maximum absolute atomic E-state index is 14.0. The number of hydrogen-bond donors (Lipinski definition) is 2. The molecule has 3 heterocycles. The van der Waals surface area contributed by atoms with Gasteiger partial charge in [0.15, 0.2) is 5.65 Å². The first-order chi connectivity index (χ1) is 20.3. The number of hydrogen-bond acceptors (Lipinski definition) is 5. The van der Waals surface area contributed by atoms with E-state index in [1.54, 1.807) is 29.4 Å². The summed E-state index contributed by atoms with van der Waals surface area (Å²) in [4.78, 5) is 34.6. The van der Waals surface area contributed by atoms with E-state index in [0.29, 0.717) is 22.6 Å². The maximum atomic E-state index is 14.0. The number of rotatable bonds is 10. The number of amides is 2. The molecule has 14 heteroatoms. The Bertz CT molecular complexity index is 1440. The van der Waals surface area contributed by atoms with Crippen LogP contribution in [0, 0.1) is 11.8 Å². The number of nitrogens with one attached hydrogen (secondary N) is 2. The number of nitrogens with zero attached hydrogens (tertiary/aromatic N) is 5. The van der Waals surface area contributed by atoms with Crippen LogP contribution < -0.4 is 10.6 Å². The second-order valence-corrected chi connectivity index (χ2v) is 12.0. The maximum Gasteiger partial charge on any atom is 0.389 e. The monoisotopic (exact) mass is 609 g/mol. The molecular weight excluding hydrogens is 573 g/mol. The van der Waals surface area contributed by atoms with E-state index in [1.165, 1.54) is 10.7 Å². The minimum Gasteiger partial charge on any atom is -0.349 e. The van der Waals surface area contributed by atoms with Crippen molar-refractivity contribution in [2.24, 2.45) is 11.8 Å². The SMILES string of the molecule is CC(C)n1cncc1C(=O)N[C@H](c1cn2ncc([C@H](NC(=O)CCC(F)(F)F)C3CCC3)cc2n1)C1CCC(F)(F)CC1. The summed E-state index contributed by atoms with van der Waals surface area (Å²) in [6.45, 7) is 3.83. The largest absolute Gasteiger partial charge is 0.389 e. The average molecular weight is 610 g/mol. The Kier molecular flexibility index (Phi) is 8.75. The Morgan fingerprint density at radius 2 is 1.74 bits per heavy atom. The van der Waals surface area contributed by atoms with Crippen LogP contribution in [-0.2, 0) is 4.79 Å². The van der Waals surface area contributed by atoms with Gasteiger partial charge in [0.2, 0.25) is 11.8 Å². The van der Waals surface area contributed by atoms with Crippen LogP contribution in [0.4, 0.5) is 22.0 Å². The second kappa shape index (κ2) is 12.2. The lowest BCUT2D eigenvalue weighted by Gasteiger charge is -2.34. The van der Waals surface area contributed by atoms with E-state index in [2.05, 4.69) is 20.7 Å². The lowest BCUT2D eigenvalue weighted by atomic mass is 9.77. The van der Waals surface area contributed by atoms with Gasteiger partial charge < -0.3 is 15.2 Å². The Labute approximate surface area is 245 Å². The van der Waals surface area contributed by atoms with Crippen molar-refractivity contribution in [1.82, 2.24) is 34.8 Å². The van der Waals surface area contributed by atoms with Crippen LogP contribution in [0.25, 0.3) is 5.65 Å². The minimum absolute atomic E-state index is 0.0227. The van der Waals surface area contributed by atoms with Crippen molar-refractivity contribution in [2.45, 2.75) is 102 Å². The van der Waals surface area contributed by atoms with Crippen molar-refractivity contribution in [2.75, 3.05) is 0 Å². The number of imidazole rings is 2. The molecule has 5 rings (SSSR count). The van der Waals surface area contributed by atoms with Crippen molar-refractivity contribution < 1.29 is 31.5 Å². The predicted octanol–water partition coefficient (Wildman–Crippen LogP) is 6.10. The minimum atomic E-state index is -4.43. The fourth-order valence-corrected chi connectivity index (χ4v) is 5.91. The molecular formula is C29H36F5N7O2. The number of halogens is 5. The van der Waals surface area contributed by atoms with Crippen LogP contribution in [0.1, 0.15) is 112 Å². The average Bonchev–Trinajstić information content (AvgIpc) is 3.56. The van der Waals surface area contributed by atoms with E-state index in [4.69, 9.17) is 4.98 Å². The molecule has 3 aromatic rings. The molecule has 9 nitrogen and oxygen atoms in total. The summed E-state index contributed by atoms with van der Waals surface area (Å²) in [7, 11) is 0. The number of aromatic nitrogens is 5. The first-order valence-electron chi connectivity index (χ1n) is 14.7. The molecule has 0 saturated heterocycles. The highest BCUT2D eigenvalue weighted by Crippen LogP contribution is 2.42. The zero-order valence-corrected chi connectivity index (χ0v) is 24.1. The normalized spacial score (nSPS) is 19.3. The Morgan fingerprint density at radius 3 is 2.37 bits per heavy atom. The van der Waals surface area contributed by atoms with Gasteiger partial charge in [0.05, 0.1) is 49.1 Å². The van der Waals surface area contributed by atoms with Crippen LogP contribution in [0.2, 0.25) is 0 Å². The second-order valence-electron chi connectivity index (χ2n) is 12.0. The zero-order valence-electron chi connectivity index (χ0n) is 24.1. The van der Waals surface area contributed by atoms with E-state index in [1.807, 2.05) is 13.8 Å². The van der Waals surface area contributed by atoms with Crippen molar-refractivity contribution in [3.8, 4) is 0 Å². The molecule has 3 aromatic heterocycles. The molecule has 0 bridgehead atoms. The van der Waals surface area contributed by atoms with Gasteiger partial charge >= 0.3 is 6.18 Å². The fourth-order valence-electron chi connectivity index (χ4n) is 5.91. The van der Waals surface area contributed by atoms with Crippen LogP contribution >= 0.6 is 0 Å². The summed E-state index contributed by atoms with van der Waals surface area (Å²) in [6.07, 6.45) is 2.36. The van der Waals surface area contributed by atoms with Crippen molar-refractivity contribution in [1.29, 1.82) is 0 Å². The smallest absolute Gasteiger partial charge is 0.349 e. The lowest BCUT2D eigenvalue weighted by molar-refractivity contribution is -0.144. The molecule has 2 aliphatic carbocycles. The molecule has 43 heavy (non-hydrogen) atoms.